The molecule has 0 saturated carbocycles. The van der Waals surface area contributed by atoms with Gasteiger partial charge in [0.05, 0.1) is 69.1 Å². The predicted molar refractivity (Wildman–Crippen MR) is 300 cm³/mol. The average molecular weight is 1230 g/mol. The number of hydrogen-bond acceptors (Lipinski definition) is 10. The van der Waals surface area contributed by atoms with Gasteiger partial charge in [-0.2, -0.15) is 0 Å². The van der Waals surface area contributed by atoms with Crippen LogP contribution in [0.4, 0.5) is 0 Å². The van der Waals surface area contributed by atoms with Crippen molar-refractivity contribution in [2.75, 3.05) is 90.4 Å². The third-order valence-corrected chi connectivity index (χ3v) is 14.8. The molecule has 5 aromatic rings. The lowest BCUT2D eigenvalue weighted by atomic mass is 9.94. The first-order chi connectivity index (χ1) is 34.7. The van der Waals surface area contributed by atoms with E-state index in [1.54, 1.807) is 42.7 Å². The van der Waals surface area contributed by atoms with E-state index in [4.69, 9.17) is 47.4 Å². The molecule has 0 unspecified atom stereocenters. The highest BCUT2D eigenvalue weighted by atomic mass is 79.9. The monoisotopic (exact) mass is 1230 g/mol. The van der Waals surface area contributed by atoms with Crippen LogP contribution in [0.3, 0.4) is 0 Å². The molecule has 10 aliphatic carbocycles. The highest BCUT2D eigenvalue weighted by molar-refractivity contribution is 9.09. The van der Waals surface area contributed by atoms with Gasteiger partial charge in [-0.05, 0) is 112 Å². The largest absolute Gasteiger partial charge is 0.496 e. The minimum atomic E-state index is 0.498. The molecule has 10 aliphatic rings. The van der Waals surface area contributed by atoms with Crippen molar-refractivity contribution in [2.45, 2.75) is 83.5 Å². The van der Waals surface area contributed by atoms with E-state index in [1.165, 1.54) is 0 Å². The van der Waals surface area contributed by atoms with Gasteiger partial charge in [0.2, 0.25) is 0 Å². The van der Waals surface area contributed by atoms with E-state index in [-0.39, 0.29) is 0 Å². The van der Waals surface area contributed by atoms with Crippen LogP contribution in [0, 0.1) is 0 Å². The van der Waals surface area contributed by atoms with Crippen molar-refractivity contribution in [3.05, 3.63) is 116 Å². The molecule has 0 atom stereocenters. The van der Waals surface area contributed by atoms with Crippen molar-refractivity contribution >= 4 is 63.7 Å². The molecule has 0 saturated heterocycles. The fourth-order valence-electron chi connectivity index (χ4n) is 8.82. The molecule has 15 rings (SSSR count). The molecule has 0 aliphatic heterocycles. The zero-order valence-corrected chi connectivity index (χ0v) is 48.6. The third kappa shape index (κ3) is 15.5. The lowest BCUT2D eigenvalue weighted by Crippen LogP contribution is -2.08. The normalized spacial score (nSPS) is 12.1. The molecule has 386 valence electrons. The van der Waals surface area contributed by atoms with Crippen LogP contribution in [0.25, 0.3) is 0 Å². The van der Waals surface area contributed by atoms with Gasteiger partial charge in [-0.15, -0.1) is 0 Å². The first-order valence-corrected chi connectivity index (χ1v) is 29.0. The number of rotatable bonds is 26. The standard InChI is InChI=1S/C57H70Br4O10/c1-62-48-30-40-24-44-34-56(70-21-13-9-17-60)46(36-54(44)68-19-11-7-15-58)26-42-32-53(67-6)43(33-52(42)66-5)27-47-37-55(69-20-12-8-16-59)45(35-57(47)71-22-14-10-18-61)25-41-31-49(63-2)39(29-51(41)65-4)23-38(48)28-50(40)64-3/h28-37H,7-27H2,1-6H3. The van der Waals surface area contributed by atoms with Gasteiger partial charge in [-0.3, -0.25) is 0 Å². The molecule has 0 heterocycles. The van der Waals surface area contributed by atoms with Crippen LogP contribution < -0.4 is 47.4 Å². The summed E-state index contributed by atoms with van der Waals surface area (Å²) in [5, 5.41) is 3.62. The van der Waals surface area contributed by atoms with Crippen LogP contribution in [0.2, 0.25) is 0 Å². The van der Waals surface area contributed by atoms with E-state index in [0.717, 1.165) is 186 Å². The predicted octanol–water partition coefficient (Wildman–Crippen LogP) is 14.2. The van der Waals surface area contributed by atoms with Gasteiger partial charge >= 0.3 is 0 Å². The van der Waals surface area contributed by atoms with Gasteiger partial charge < -0.3 is 47.4 Å². The summed E-state index contributed by atoms with van der Waals surface area (Å²) in [6.45, 7) is 2.24. The van der Waals surface area contributed by atoms with E-state index >= 15 is 0 Å². The molecular formula is C57H70Br4O10. The molecular weight excluding hydrogens is 1160 g/mol. The highest BCUT2D eigenvalue weighted by Crippen LogP contribution is 2.43. The van der Waals surface area contributed by atoms with E-state index in [2.05, 4.69) is 124 Å². The van der Waals surface area contributed by atoms with Crippen molar-refractivity contribution in [2.24, 2.45) is 0 Å². The lowest BCUT2D eigenvalue weighted by molar-refractivity contribution is 0.297. The van der Waals surface area contributed by atoms with Gasteiger partial charge in [-0.1, -0.05) is 63.7 Å². The second-order valence-electron chi connectivity index (χ2n) is 17.4. The molecule has 71 heavy (non-hydrogen) atoms. The van der Waals surface area contributed by atoms with Crippen LogP contribution in [0.15, 0.2) is 60.7 Å². The van der Waals surface area contributed by atoms with E-state index < -0.39 is 0 Å². The summed E-state index contributed by atoms with van der Waals surface area (Å²) in [4.78, 5) is 0. The molecule has 0 fully saturated rings. The van der Waals surface area contributed by atoms with Crippen LogP contribution in [-0.2, 0) is 32.1 Å². The zero-order valence-electron chi connectivity index (χ0n) is 42.2. The third-order valence-electron chi connectivity index (χ3n) is 12.6. The Bertz CT molecular complexity index is 2310. The van der Waals surface area contributed by atoms with Gasteiger partial charge in [-0.25, -0.2) is 0 Å². The molecule has 14 heteroatoms. The molecule has 5 aromatic carbocycles. The Morgan fingerprint density at radius 1 is 0.254 bits per heavy atom. The maximum atomic E-state index is 6.71. The fraction of sp³-hybridized carbons (Fsp3) is 0.474. The second-order valence-corrected chi connectivity index (χ2v) is 20.6. The van der Waals surface area contributed by atoms with E-state index in [9.17, 15) is 0 Å². The van der Waals surface area contributed by atoms with Crippen LogP contribution in [0.5, 0.6) is 57.5 Å². The summed E-state index contributed by atoms with van der Waals surface area (Å²) < 4.78 is 64.0. The number of methoxy groups -OCH3 is 6. The minimum absolute atomic E-state index is 0.498. The summed E-state index contributed by atoms with van der Waals surface area (Å²) in [5.41, 5.74) is 9.61. The maximum Gasteiger partial charge on any atom is 0.123 e. The molecule has 0 amide bonds. The molecule has 0 N–H and O–H groups in total. The number of hydrogen-bond donors (Lipinski definition) is 0. The fourth-order valence-corrected chi connectivity index (χ4v) is 10.4. The maximum absolute atomic E-state index is 6.71. The van der Waals surface area contributed by atoms with Gasteiger partial charge in [0, 0.05) is 109 Å². The smallest absolute Gasteiger partial charge is 0.123 e. The van der Waals surface area contributed by atoms with Crippen LogP contribution in [-0.4, -0.2) is 90.4 Å². The highest BCUT2D eigenvalue weighted by Gasteiger charge is 2.24. The molecule has 0 spiro atoms. The Morgan fingerprint density at radius 3 is 0.563 bits per heavy atom. The number of halogens is 4. The lowest BCUT2D eigenvalue weighted by Gasteiger charge is -2.21. The summed E-state index contributed by atoms with van der Waals surface area (Å²) in [5.74, 6) is 7.56. The Kier molecular flexibility index (Phi) is 23.5. The molecule has 10 bridgehead atoms. The van der Waals surface area contributed by atoms with Crippen LogP contribution >= 0.6 is 63.7 Å². The first-order valence-electron chi connectivity index (χ1n) is 24.5. The Hall–Kier alpha value is -3.98. The number of ether oxygens (including phenoxy) is 10. The Labute approximate surface area is 455 Å². The summed E-state index contributed by atoms with van der Waals surface area (Å²) in [6, 6.07) is 21.1. The Morgan fingerprint density at radius 2 is 0.408 bits per heavy atom. The van der Waals surface area contributed by atoms with Gasteiger partial charge in [0.25, 0.3) is 0 Å². The van der Waals surface area contributed by atoms with Gasteiger partial charge in [0.1, 0.15) is 57.5 Å². The number of unbranched alkanes of at least 4 members (excludes halogenated alkanes) is 4. The summed E-state index contributed by atoms with van der Waals surface area (Å²) in [6.07, 6.45) is 10.1. The number of benzene rings is 5. The van der Waals surface area contributed by atoms with Crippen molar-refractivity contribution in [1.29, 1.82) is 0 Å². The molecule has 0 radical (unpaired) electrons. The van der Waals surface area contributed by atoms with Crippen molar-refractivity contribution in [1.82, 2.24) is 0 Å². The van der Waals surface area contributed by atoms with E-state index in [0.29, 0.717) is 58.5 Å². The minimum Gasteiger partial charge on any atom is -0.496 e. The van der Waals surface area contributed by atoms with Crippen molar-refractivity contribution in [3.8, 4) is 57.5 Å². The van der Waals surface area contributed by atoms with Crippen LogP contribution in [0.1, 0.15) is 107 Å². The molecule has 10 nitrogen and oxygen atoms in total. The first kappa shape index (κ1) is 56.3. The quantitative estimate of drug-likeness (QED) is 0.0386. The second kappa shape index (κ2) is 29.7. The topological polar surface area (TPSA) is 92.3 Å². The number of alkyl halides is 4. The zero-order chi connectivity index (χ0) is 50.5. The van der Waals surface area contributed by atoms with Crippen molar-refractivity contribution in [3.63, 3.8) is 0 Å². The Balaban J connectivity index is 1.62. The summed E-state index contributed by atoms with van der Waals surface area (Å²) >= 11 is 14.4. The van der Waals surface area contributed by atoms with Gasteiger partial charge in [0.15, 0.2) is 0 Å². The SMILES string of the molecule is COc1cc2c(OC)cc1Cc1cc(OC)c(cc1OC)Cc1cc(OCCCCBr)c(cc1OCCCCBr)Cc1cc(OC)c(cc1OC)Cc1cc(OCCCCBr)c(cc1OCCCCBr)C2. The van der Waals surface area contributed by atoms with Crippen molar-refractivity contribution < 1.29 is 47.4 Å². The van der Waals surface area contributed by atoms with E-state index in [1.807, 2.05) is 0 Å². The molecule has 0 aromatic heterocycles. The average Bonchev–Trinajstić information content (AvgIpc) is 3.38. The summed E-state index contributed by atoms with van der Waals surface area (Å²) in [7, 11) is 10.3.